The molecule has 0 spiro atoms. The Hall–Kier alpha value is -2.95. The predicted molar refractivity (Wildman–Crippen MR) is 118 cm³/mol. The van der Waals surface area contributed by atoms with E-state index in [0.717, 1.165) is 28.9 Å². The summed E-state index contributed by atoms with van der Waals surface area (Å²) >= 11 is 0. The molecular weight excluding hydrogens is 365 g/mol. The zero-order valence-corrected chi connectivity index (χ0v) is 17.5. The second kappa shape index (κ2) is 8.60. The molecule has 5 heteroatoms. The number of anilines is 1. The molecule has 0 fully saturated rings. The fourth-order valence-electron chi connectivity index (χ4n) is 3.92. The second-order valence-corrected chi connectivity index (χ2v) is 7.89. The number of hydrogen-bond donors (Lipinski definition) is 1. The molecule has 152 valence electrons. The highest BCUT2D eigenvalue weighted by atomic mass is 19.1. The van der Waals surface area contributed by atoms with Gasteiger partial charge >= 0.3 is 0 Å². The van der Waals surface area contributed by atoms with Crippen LogP contribution >= 0.6 is 0 Å². The van der Waals surface area contributed by atoms with E-state index in [1.165, 1.54) is 6.21 Å². The number of carbonyl (C=O) groups is 1. The van der Waals surface area contributed by atoms with Crippen LogP contribution in [0.15, 0.2) is 53.6 Å². The minimum Gasteiger partial charge on any atom is -0.363 e. The summed E-state index contributed by atoms with van der Waals surface area (Å²) in [6.07, 6.45) is 4.54. The molecule has 1 amide bonds. The van der Waals surface area contributed by atoms with E-state index < -0.39 is 0 Å². The maximum atomic E-state index is 14.7. The molecule has 0 aromatic heterocycles. The van der Waals surface area contributed by atoms with Gasteiger partial charge in [0.25, 0.3) is 0 Å². The van der Waals surface area contributed by atoms with Crippen LogP contribution in [0.1, 0.15) is 50.8 Å². The molecule has 3 rings (SSSR count). The molecule has 1 aliphatic rings. The first kappa shape index (κ1) is 20.8. The molecule has 1 N–H and O–H groups in total. The summed E-state index contributed by atoms with van der Waals surface area (Å²) in [5.41, 5.74) is 6.76. The number of nitrogens with one attached hydrogen (secondary N) is 1. The zero-order valence-electron chi connectivity index (χ0n) is 17.5. The predicted octanol–water partition coefficient (Wildman–Crippen LogP) is 4.93. The number of rotatable bonds is 6. The average molecular weight is 394 g/mol. The molecule has 2 aromatic carbocycles. The standard InChI is InChI=1S/C24H28FN3O/c1-5-28-22-14-21(25)19(13-20(22)17(2)15-24(28,3)4)16-26-27-23(29)12-11-18-9-7-6-8-10-18/h6-10,13-16H,5,11-12H2,1-4H3,(H,27,29)/b26-16+. The number of benzene rings is 2. The van der Waals surface area contributed by atoms with E-state index in [9.17, 15) is 9.18 Å². The molecule has 0 atom stereocenters. The molecule has 1 heterocycles. The summed E-state index contributed by atoms with van der Waals surface area (Å²) in [4.78, 5) is 14.2. The lowest BCUT2D eigenvalue weighted by Gasteiger charge is -2.42. The number of likely N-dealkylation sites (N-methyl/N-ethyl adjacent to an activating group) is 1. The monoisotopic (exact) mass is 393 g/mol. The van der Waals surface area contributed by atoms with Crippen molar-refractivity contribution in [1.29, 1.82) is 0 Å². The van der Waals surface area contributed by atoms with E-state index in [-0.39, 0.29) is 17.3 Å². The Balaban J connectivity index is 1.70. The van der Waals surface area contributed by atoms with Crippen molar-refractivity contribution in [3.63, 3.8) is 0 Å². The number of halogens is 1. The number of amides is 1. The lowest BCUT2D eigenvalue weighted by atomic mass is 9.88. The van der Waals surface area contributed by atoms with Gasteiger partial charge < -0.3 is 4.90 Å². The third-order valence-corrected chi connectivity index (χ3v) is 5.29. The van der Waals surface area contributed by atoms with Crippen molar-refractivity contribution in [2.75, 3.05) is 11.4 Å². The van der Waals surface area contributed by atoms with Crippen molar-refractivity contribution in [1.82, 2.24) is 5.43 Å². The zero-order chi connectivity index (χ0) is 21.0. The van der Waals surface area contributed by atoms with Crippen molar-refractivity contribution in [3.05, 3.63) is 71.0 Å². The molecule has 0 aliphatic carbocycles. The molecule has 0 unspecified atom stereocenters. The number of aryl methyl sites for hydroxylation is 1. The fourth-order valence-corrected chi connectivity index (χ4v) is 3.92. The van der Waals surface area contributed by atoms with Gasteiger partial charge in [-0.05, 0) is 57.4 Å². The molecular formula is C24H28FN3O. The van der Waals surface area contributed by atoms with Gasteiger partial charge in [0.15, 0.2) is 0 Å². The molecule has 0 radical (unpaired) electrons. The first-order chi connectivity index (χ1) is 13.8. The van der Waals surface area contributed by atoms with Gasteiger partial charge in [-0.25, -0.2) is 9.82 Å². The van der Waals surface area contributed by atoms with Gasteiger partial charge in [-0.15, -0.1) is 0 Å². The number of hydrogen-bond acceptors (Lipinski definition) is 3. The van der Waals surface area contributed by atoms with Gasteiger partial charge in [-0.1, -0.05) is 36.4 Å². The van der Waals surface area contributed by atoms with Crippen LogP contribution in [0.25, 0.3) is 5.57 Å². The normalized spacial score (nSPS) is 15.2. The third-order valence-electron chi connectivity index (χ3n) is 5.29. The van der Waals surface area contributed by atoms with Crippen LogP contribution in [0.5, 0.6) is 0 Å². The molecule has 0 saturated carbocycles. The van der Waals surface area contributed by atoms with E-state index >= 15 is 0 Å². The highest BCUT2D eigenvalue weighted by Crippen LogP contribution is 2.39. The Morgan fingerprint density at radius 2 is 1.97 bits per heavy atom. The second-order valence-electron chi connectivity index (χ2n) is 7.89. The molecule has 0 bridgehead atoms. The van der Waals surface area contributed by atoms with Crippen LogP contribution < -0.4 is 10.3 Å². The van der Waals surface area contributed by atoms with E-state index in [2.05, 4.69) is 42.3 Å². The number of hydrazone groups is 1. The Bertz CT molecular complexity index is 948. The number of carbonyl (C=O) groups excluding carboxylic acids is 1. The SMILES string of the molecule is CCN1c2cc(F)c(/C=N/NC(=O)CCc3ccccc3)cc2C(C)=CC1(C)C. The smallest absolute Gasteiger partial charge is 0.240 e. The average Bonchev–Trinajstić information content (AvgIpc) is 2.68. The highest BCUT2D eigenvalue weighted by molar-refractivity contribution is 5.88. The molecule has 1 aliphatic heterocycles. The van der Waals surface area contributed by atoms with Gasteiger partial charge in [-0.2, -0.15) is 5.10 Å². The van der Waals surface area contributed by atoms with Crippen LogP contribution in [0, 0.1) is 5.82 Å². The molecule has 4 nitrogen and oxygen atoms in total. The van der Waals surface area contributed by atoms with Crippen molar-refractivity contribution < 1.29 is 9.18 Å². The van der Waals surface area contributed by atoms with Crippen molar-refractivity contribution in [2.45, 2.75) is 46.1 Å². The van der Waals surface area contributed by atoms with Crippen molar-refractivity contribution in [3.8, 4) is 0 Å². The van der Waals surface area contributed by atoms with Crippen LogP contribution in [-0.4, -0.2) is 24.2 Å². The minimum atomic E-state index is -0.352. The maximum absolute atomic E-state index is 14.7. The Kier molecular flexibility index (Phi) is 6.16. The van der Waals surface area contributed by atoms with Crippen LogP contribution in [0.3, 0.4) is 0 Å². The largest absolute Gasteiger partial charge is 0.363 e. The minimum absolute atomic E-state index is 0.166. The van der Waals surface area contributed by atoms with E-state index in [1.54, 1.807) is 12.1 Å². The summed E-state index contributed by atoms with van der Waals surface area (Å²) in [7, 11) is 0. The van der Waals surface area contributed by atoms with Crippen molar-refractivity contribution >= 4 is 23.4 Å². The summed E-state index contributed by atoms with van der Waals surface area (Å²) in [5, 5.41) is 3.96. The topological polar surface area (TPSA) is 44.7 Å². The summed E-state index contributed by atoms with van der Waals surface area (Å²) in [6.45, 7) is 9.15. The van der Waals surface area contributed by atoms with Gasteiger partial charge in [0.1, 0.15) is 5.82 Å². The lowest BCUT2D eigenvalue weighted by Crippen LogP contribution is -2.45. The van der Waals surface area contributed by atoms with E-state index in [4.69, 9.17) is 0 Å². The first-order valence-corrected chi connectivity index (χ1v) is 9.98. The summed E-state index contributed by atoms with van der Waals surface area (Å²) in [5.74, 6) is -0.548. The number of nitrogens with zero attached hydrogens (tertiary/aromatic N) is 2. The molecule has 2 aromatic rings. The number of allylic oxidation sites excluding steroid dienone is 1. The van der Waals surface area contributed by atoms with Crippen molar-refractivity contribution in [2.24, 2.45) is 5.10 Å². The van der Waals surface area contributed by atoms with Gasteiger partial charge in [0, 0.05) is 29.8 Å². The first-order valence-electron chi connectivity index (χ1n) is 9.98. The van der Waals surface area contributed by atoms with Crippen LogP contribution in [0.4, 0.5) is 10.1 Å². The van der Waals surface area contributed by atoms with Crippen LogP contribution in [-0.2, 0) is 11.2 Å². The van der Waals surface area contributed by atoms with E-state index in [0.29, 0.717) is 18.4 Å². The van der Waals surface area contributed by atoms with Gasteiger partial charge in [0.05, 0.1) is 11.8 Å². The summed E-state index contributed by atoms with van der Waals surface area (Å²) in [6, 6.07) is 13.2. The van der Waals surface area contributed by atoms with Crippen LogP contribution in [0.2, 0.25) is 0 Å². The maximum Gasteiger partial charge on any atom is 0.240 e. The quantitative estimate of drug-likeness (QED) is 0.559. The lowest BCUT2D eigenvalue weighted by molar-refractivity contribution is -0.121. The fraction of sp³-hybridized carbons (Fsp3) is 0.333. The highest BCUT2D eigenvalue weighted by Gasteiger charge is 2.30. The Labute approximate surface area is 172 Å². The molecule has 0 saturated heterocycles. The van der Waals surface area contributed by atoms with E-state index in [1.807, 2.05) is 37.3 Å². The number of fused-ring (bicyclic) bond motifs is 1. The summed E-state index contributed by atoms with van der Waals surface area (Å²) < 4.78 is 14.7. The third kappa shape index (κ3) is 4.73. The molecule has 29 heavy (non-hydrogen) atoms. The van der Waals surface area contributed by atoms with Gasteiger partial charge in [0.2, 0.25) is 5.91 Å². The Morgan fingerprint density at radius 1 is 1.24 bits per heavy atom. The van der Waals surface area contributed by atoms with Gasteiger partial charge in [-0.3, -0.25) is 4.79 Å². The Morgan fingerprint density at radius 3 is 2.66 bits per heavy atom.